The molecule has 0 saturated heterocycles. The van der Waals surface area contributed by atoms with Crippen LogP contribution in [0, 0.1) is 0 Å². The monoisotopic (exact) mass is 293 g/mol. The summed E-state index contributed by atoms with van der Waals surface area (Å²) in [4.78, 5) is 0. The highest BCUT2D eigenvalue weighted by Gasteiger charge is 2.09. The van der Waals surface area contributed by atoms with Crippen LogP contribution in [0.3, 0.4) is 0 Å². The van der Waals surface area contributed by atoms with Crippen molar-refractivity contribution in [1.29, 1.82) is 0 Å². The van der Waals surface area contributed by atoms with Crippen molar-refractivity contribution < 1.29 is 0 Å². The molecule has 0 aromatic heterocycles. The number of hydrogen-bond acceptors (Lipinski definition) is 1. The van der Waals surface area contributed by atoms with Gasteiger partial charge in [-0.15, -0.1) is 0 Å². The molecule has 3 heteroatoms. The molecule has 1 nitrogen and oxygen atoms in total. The van der Waals surface area contributed by atoms with Gasteiger partial charge in [0.1, 0.15) is 0 Å². The average Bonchev–Trinajstić information content (AvgIpc) is 2.43. The molecule has 1 unspecified atom stereocenters. The Morgan fingerprint density at radius 3 is 2.47 bits per heavy atom. The van der Waals surface area contributed by atoms with Gasteiger partial charge in [0.2, 0.25) is 0 Å². The Hall–Kier alpha value is -1.02. The molecule has 0 radical (unpaired) electrons. The van der Waals surface area contributed by atoms with Crippen molar-refractivity contribution in [3.8, 4) is 0 Å². The maximum atomic E-state index is 6.26. The van der Waals surface area contributed by atoms with Crippen LogP contribution in [0.1, 0.15) is 29.7 Å². The third-order valence-electron chi connectivity index (χ3n) is 3.23. The smallest absolute Gasteiger partial charge is 0.0595 e. The van der Waals surface area contributed by atoms with Crippen LogP contribution in [0.15, 0.2) is 42.5 Å². The van der Waals surface area contributed by atoms with Crippen LogP contribution >= 0.6 is 23.2 Å². The van der Waals surface area contributed by atoms with E-state index in [0.717, 1.165) is 24.0 Å². The summed E-state index contributed by atoms with van der Waals surface area (Å²) >= 11 is 11.9. The van der Waals surface area contributed by atoms with Crippen LogP contribution < -0.4 is 5.73 Å². The van der Waals surface area contributed by atoms with Gasteiger partial charge in [0.25, 0.3) is 0 Å². The van der Waals surface area contributed by atoms with Crippen molar-refractivity contribution in [3.63, 3.8) is 0 Å². The molecular weight excluding hydrogens is 277 g/mol. The fourth-order valence-electron chi connectivity index (χ4n) is 2.08. The average molecular weight is 294 g/mol. The SMILES string of the molecule is CCc1cccc(C(N)Cc2ccc(Cl)c(Cl)c2)c1. The molecule has 2 aromatic carbocycles. The Balaban J connectivity index is 2.15. The standard InChI is InChI=1S/C16H17Cl2N/c1-2-11-4-3-5-13(8-11)16(19)10-12-6-7-14(17)15(18)9-12/h3-9,16H,2,10,19H2,1H3. The van der Waals surface area contributed by atoms with Gasteiger partial charge >= 0.3 is 0 Å². The largest absolute Gasteiger partial charge is 0.324 e. The molecule has 2 aromatic rings. The first kappa shape index (κ1) is 14.4. The first-order valence-corrected chi connectivity index (χ1v) is 7.14. The van der Waals surface area contributed by atoms with Crippen LogP contribution in [0.4, 0.5) is 0 Å². The predicted octanol–water partition coefficient (Wildman–Crippen LogP) is 4.80. The van der Waals surface area contributed by atoms with Crippen LogP contribution in [-0.4, -0.2) is 0 Å². The lowest BCUT2D eigenvalue weighted by molar-refractivity contribution is 0.720. The van der Waals surface area contributed by atoms with E-state index >= 15 is 0 Å². The van der Waals surface area contributed by atoms with E-state index in [9.17, 15) is 0 Å². The number of aryl methyl sites for hydroxylation is 1. The van der Waals surface area contributed by atoms with Gasteiger partial charge in [0.15, 0.2) is 0 Å². The molecule has 0 aliphatic rings. The molecule has 0 saturated carbocycles. The molecule has 1 atom stereocenters. The van der Waals surface area contributed by atoms with E-state index in [0.29, 0.717) is 10.0 Å². The number of rotatable bonds is 4. The van der Waals surface area contributed by atoms with E-state index in [1.807, 2.05) is 18.2 Å². The topological polar surface area (TPSA) is 26.0 Å². The summed E-state index contributed by atoms with van der Waals surface area (Å²) in [7, 11) is 0. The summed E-state index contributed by atoms with van der Waals surface area (Å²) in [5.41, 5.74) is 9.83. The first-order valence-electron chi connectivity index (χ1n) is 6.38. The van der Waals surface area contributed by atoms with Crippen molar-refractivity contribution in [2.45, 2.75) is 25.8 Å². The molecule has 0 amide bonds. The zero-order valence-corrected chi connectivity index (χ0v) is 12.4. The van der Waals surface area contributed by atoms with Gasteiger partial charge in [-0.05, 0) is 41.7 Å². The van der Waals surface area contributed by atoms with Crippen molar-refractivity contribution in [3.05, 3.63) is 69.2 Å². The highest BCUT2D eigenvalue weighted by Crippen LogP contribution is 2.25. The van der Waals surface area contributed by atoms with Gasteiger partial charge in [0, 0.05) is 6.04 Å². The van der Waals surface area contributed by atoms with E-state index in [-0.39, 0.29) is 6.04 Å². The summed E-state index contributed by atoms with van der Waals surface area (Å²) in [6.45, 7) is 2.14. The molecule has 0 aliphatic heterocycles. The van der Waals surface area contributed by atoms with Gasteiger partial charge in [-0.2, -0.15) is 0 Å². The number of benzene rings is 2. The molecule has 0 bridgehead atoms. The molecule has 2 N–H and O–H groups in total. The Bertz CT molecular complexity index is 566. The molecular formula is C16H17Cl2N. The van der Waals surface area contributed by atoms with Crippen molar-refractivity contribution >= 4 is 23.2 Å². The van der Waals surface area contributed by atoms with Crippen LogP contribution in [0.5, 0.6) is 0 Å². The molecule has 0 fully saturated rings. The summed E-state index contributed by atoms with van der Waals surface area (Å²) in [5.74, 6) is 0. The number of hydrogen-bond donors (Lipinski definition) is 1. The van der Waals surface area contributed by atoms with Gasteiger partial charge in [0.05, 0.1) is 10.0 Å². The molecule has 0 spiro atoms. The molecule has 0 heterocycles. The molecule has 19 heavy (non-hydrogen) atoms. The minimum atomic E-state index is -0.0243. The lowest BCUT2D eigenvalue weighted by Gasteiger charge is -2.13. The summed E-state index contributed by atoms with van der Waals surface area (Å²) in [6.07, 6.45) is 1.78. The summed E-state index contributed by atoms with van der Waals surface area (Å²) in [6, 6.07) is 14.1. The van der Waals surface area contributed by atoms with Crippen molar-refractivity contribution in [2.75, 3.05) is 0 Å². The van der Waals surface area contributed by atoms with Gasteiger partial charge < -0.3 is 5.73 Å². The molecule has 100 valence electrons. The van der Waals surface area contributed by atoms with Crippen molar-refractivity contribution in [2.24, 2.45) is 5.73 Å². The zero-order valence-electron chi connectivity index (χ0n) is 10.9. The summed E-state index contributed by atoms with van der Waals surface area (Å²) in [5, 5.41) is 1.15. The Morgan fingerprint density at radius 2 is 1.79 bits per heavy atom. The van der Waals surface area contributed by atoms with Crippen LogP contribution in [0.25, 0.3) is 0 Å². The Labute approximate surface area is 124 Å². The van der Waals surface area contributed by atoms with E-state index in [1.54, 1.807) is 0 Å². The second-order valence-electron chi connectivity index (χ2n) is 4.66. The second-order valence-corrected chi connectivity index (χ2v) is 5.47. The maximum Gasteiger partial charge on any atom is 0.0595 e. The van der Waals surface area contributed by atoms with E-state index in [4.69, 9.17) is 28.9 Å². The lowest BCUT2D eigenvalue weighted by Crippen LogP contribution is -2.13. The Kier molecular flexibility index (Phi) is 4.87. The van der Waals surface area contributed by atoms with E-state index in [2.05, 4.69) is 31.2 Å². The fraction of sp³-hybridized carbons (Fsp3) is 0.250. The summed E-state index contributed by atoms with van der Waals surface area (Å²) < 4.78 is 0. The van der Waals surface area contributed by atoms with Crippen LogP contribution in [0.2, 0.25) is 10.0 Å². The first-order chi connectivity index (χ1) is 9.10. The number of halogens is 2. The minimum Gasteiger partial charge on any atom is -0.324 e. The molecule has 2 rings (SSSR count). The van der Waals surface area contributed by atoms with E-state index < -0.39 is 0 Å². The van der Waals surface area contributed by atoms with Gasteiger partial charge in [-0.1, -0.05) is 60.5 Å². The quantitative estimate of drug-likeness (QED) is 0.861. The highest BCUT2D eigenvalue weighted by atomic mass is 35.5. The van der Waals surface area contributed by atoms with Crippen LogP contribution in [-0.2, 0) is 12.8 Å². The third kappa shape index (κ3) is 3.73. The zero-order chi connectivity index (χ0) is 13.8. The van der Waals surface area contributed by atoms with Gasteiger partial charge in [-0.3, -0.25) is 0 Å². The normalized spacial score (nSPS) is 12.4. The minimum absolute atomic E-state index is 0.0243. The fourth-order valence-corrected chi connectivity index (χ4v) is 2.40. The third-order valence-corrected chi connectivity index (χ3v) is 3.97. The number of nitrogens with two attached hydrogens (primary N) is 1. The predicted molar refractivity (Wildman–Crippen MR) is 82.9 cm³/mol. The highest BCUT2D eigenvalue weighted by molar-refractivity contribution is 6.42. The lowest BCUT2D eigenvalue weighted by atomic mass is 9.97. The second kappa shape index (κ2) is 6.42. The maximum absolute atomic E-state index is 6.26. The van der Waals surface area contributed by atoms with Crippen molar-refractivity contribution in [1.82, 2.24) is 0 Å². The van der Waals surface area contributed by atoms with E-state index in [1.165, 1.54) is 5.56 Å². The Morgan fingerprint density at radius 1 is 1.00 bits per heavy atom. The van der Waals surface area contributed by atoms with Gasteiger partial charge in [-0.25, -0.2) is 0 Å². The molecule has 0 aliphatic carbocycles.